The lowest BCUT2D eigenvalue weighted by Crippen LogP contribution is -2.35. The highest BCUT2D eigenvalue weighted by Crippen LogP contribution is 2.09. The van der Waals surface area contributed by atoms with Gasteiger partial charge in [0.25, 0.3) is 0 Å². The van der Waals surface area contributed by atoms with Gasteiger partial charge < -0.3 is 14.7 Å². The van der Waals surface area contributed by atoms with E-state index >= 15 is 0 Å². The fourth-order valence-electron chi connectivity index (χ4n) is 1.72. The van der Waals surface area contributed by atoms with Crippen LogP contribution in [0.25, 0.3) is 0 Å². The minimum absolute atomic E-state index is 1.12. The molecule has 0 heterocycles. The summed E-state index contributed by atoms with van der Waals surface area (Å²) in [4.78, 5) is 9.45. The Morgan fingerprint density at radius 1 is 0.950 bits per heavy atom. The molecule has 0 spiro atoms. The van der Waals surface area contributed by atoms with Crippen molar-refractivity contribution in [3.8, 4) is 0 Å². The van der Waals surface area contributed by atoms with Crippen molar-refractivity contribution in [2.24, 2.45) is 0 Å². The Bertz CT molecular complexity index is 222. The molecule has 0 bridgehead atoms. The molecule has 1 unspecified atom stereocenters. The number of hydrogen-bond acceptors (Lipinski definition) is 2. The number of aliphatic hydroxyl groups excluding tert-OH is 1. The van der Waals surface area contributed by atoms with Crippen LogP contribution in [0.3, 0.4) is 0 Å². The summed E-state index contributed by atoms with van der Waals surface area (Å²) in [7, 11) is 6.84. The first kappa shape index (κ1) is 21.7. The first-order chi connectivity index (χ1) is 9.20. The summed E-state index contributed by atoms with van der Waals surface area (Å²) in [5, 5.41) is 15.8. The fraction of sp³-hybridized carbons (Fsp3) is 0.938. The summed E-state index contributed by atoms with van der Waals surface area (Å²) in [6.45, 7) is 4.80. The molecule has 0 rings (SSSR count). The molecule has 1 atom stereocenters. The number of carboxylic acids is 1. The van der Waals surface area contributed by atoms with E-state index in [9.17, 15) is 4.79 Å². The maximum Gasteiger partial charge on any atom is 0.332 e. The fourth-order valence-corrected chi connectivity index (χ4v) is 1.72. The summed E-state index contributed by atoms with van der Waals surface area (Å²) < 4.78 is 1.12. The summed E-state index contributed by atoms with van der Waals surface area (Å²) in [5.74, 6) is -1.19. The van der Waals surface area contributed by atoms with Crippen LogP contribution in [0.5, 0.6) is 0 Å². The lowest BCUT2D eigenvalue weighted by molar-refractivity contribution is -0.870. The predicted molar refractivity (Wildman–Crippen MR) is 84.8 cm³/mol. The van der Waals surface area contributed by atoms with E-state index in [1.165, 1.54) is 64.8 Å². The average molecular weight is 290 g/mol. The maximum atomic E-state index is 9.45. The number of aliphatic carboxylic acids is 1. The first-order valence-electron chi connectivity index (χ1n) is 7.92. The van der Waals surface area contributed by atoms with Crippen molar-refractivity contribution in [1.82, 2.24) is 0 Å². The molecule has 0 aromatic carbocycles. The van der Waals surface area contributed by atoms with Crippen LogP contribution in [0.1, 0.15) is 65.2 Å². The Morgan fingerprint density at radius 3 is 1.60 bits per heavy atom. The zero-order valence-corrected chi connectivity index (χ0v) is 14.2. The van der Waals surface area contributed by atoms with E-state index in [0.717, 1.165) is 4.48 Å². The molecule has 0 fully saturated rings. The maximum absolute atomic E-state index is 9.45. The van der Waals surface area contributed by atoms with Crippen molar-refractivity contribution in [2.75, 3.05) is 27.7 Å². The SMILES string of the molecule is CC(O)C(=O)O.CCCCCCCCCC[N+](C)(C)C. The third-order valence-corrected chi connectivity index (χ3v) is 3.04. The Labute approximate surface area is 125 Å². The van der Waals surface area contributed by atoms with Crippen LogP contribution in [0.2, 0.25) is 0 Å². The van der Waals surface area contributed by atoms with Gasteiger partial charge in [-0.15, -0.1) is 0 Å². The van der Waals surface area contributed by atoms with Crippen molar-refractivity contribution in [3.05, 3.63) is 0 Å². The number of carbonyl (C=O) groups is 1. The van der Waals surface area contributed by atoms with Gasteiger partial charge in [0.2, 0.25) is 0 Å². The summed E-state index contributed by atoms with van der Waals surface area (Å²) in [6, 6.07) is 0. The Kier molecular flexibility index (Phi) is 14.5. The molecule has 0 aliphatic rings. The molecule has 0 saturated carbocycles. The highest BCUT2D eigenvalue weighted by Gasteiger charge is 2.04. The zero-order valence-electron chi connectivity index (χ0n) is 14.2. The van der Waals surface area contributed by atoms with Crippen molar-refractivity contribution in [2.45, 2.75) is 71.3 Å². The lowest BCUT2D eigenvalue weighted by Gasteiger charge is -2.23. The molecule has 122 valence electrons. The molecule has 0 aliphatic carbocycles. The van der Waals surface area contributed by atoms with Gasteiger partial charge in [0, 0.05) is 0 Å². The van der Waals surface area contributed by atoms with Crippen molar-refractivity contribution < 1.29 is 19.5 Å². The number of quaternary nitrogens is 1. The summed E-state index contributed by atoms with van der Waals surface area (Å²) >= 11 is 0. The lowest BCUT2D eigenvalue weighted by atomic mass is 10.1. The number of hydrogen-bond donors (Lipinski definition) is 2. The zero-order chi connectivity index (χ0) is 16.0. The number of aliphatic hydroxyl groups is 1. The predicted octanol–water partition coefficient (Wildman–Crippen LogP) is 3.29. The molecule has 20 heavy (non-hydrogen) atoms. The van der Waals surface area contributed by atoms with E-state index in [1.54, 1.807) is 0 Å². The van der Waals surface area contributed by atoms with E-state index < -0.39 is 12.1 Å². The molecule has 0 saturated heterocycles. The highest BCUT2D eigenvalue weighted by molar-refractivity contribution is 5.71. The van der Waals surface area contributed by atoms with E-state index in [4.69, 9.17) is 10.2 Å². The van der Waals surface area contributed by atoms with Crippen LogP contribution in [0, 0.1) is 0 Å². The van der Waals surface area contributed by atoms with Gasteiger partial charge in [-0.3, -0.25) is 0 Å². The average Bonchev–Trinajstić information content (AvgIpc) is 2.32. The summed E-state index contributed by atoms with van der Waals surface area (Å²) in [5.41, 5.74) is 0. The van der Waals surface area contributed by atoms with Gasteiger partial charge in [0.05, 0.1) is 27.7 Å². The number of rotatable bonds is 10. The van der Waals surface area contributed by atoms with Crippen molar-refractivity contribution in [3.63, 3.8) is 0 Å². The monoisotopic (exact) mass is 290 g/mol. The van der Waals surface area contributed by atoms with Crippen LogP contribution < -0.4 is 0 Å². The van der Waals surface area contributed by atoms with Gasteiger partial charge in [-0.2, -0.15) is 0 Å². The van der Waals surface area contributed by atoms with Crippen LogP contribution in [-0.4, -0.2) is 54.5 Å². The molecule has 0 amide bonds. The minimum atomic E-state index is -1.23. The van der Waals surface area contributed by atoms with Gasteiger partial charge in [0.1, 0.15) is 6.10 Å². The van der Waals surface area contributed by atoms with E-state index in [1.807, 2.05) is 0 Å². The largest absolute Gasteiger partial charge is 0.479 e. The van der Waals surface area contributed by atoms with E-state index in [0.29, 0.717) is 0 Å². The van der Waals surface area contributed by atoms with Crippen LogP contribution in [0.15, 0.2) is 0 Å². The third kappa shape index (κ3) is 22.6. The van der Waals surface area contributed by atoms with Gasteiger partial charge >= 0.3 is 5.97 Å². The van der Waals surface area contributed by atoms with Crippen LogP contribution in [-0.2, 0) is 4.79 Å². The normalized spacial score (nSPS) is 12.5. The Morgan fingerprint density at radius 2 is 1.30 bits per heavy atom. The van der Waals surface area contributed by atoms with Gasteiger partial charge in [-0.05, 0) is 19.8 Å². The van der Waals surface area contributed by atoms with Gasteiger partial charge in [0.15, 0.2) is 0 Å². The molecule has 0 radical (unpaired) electrons. The molecule has 0 aromatic rings. The quantitative estimate of drug-likeness (QED) is 0.479. The molecule has 2 N–H and O–H groups in total. The second-order valence-corrected chi connectivity index (χ2v) is 6.50. The van der Waals surface area contributed by atoms with Crippen molar-refractivity contribution in [1.29, 1.82) is 0 Å². The van der Waals surface area contributed by atoms with E-state index in [2.05, 4.69) is 28.1 Å². The van der Waals surface area contributed by atoms with Crippen molar-refractivity contribution >= 4 is 5.97 Å². The van der Waals surface area contributed by atoms with Crippen LogP contribution in [0.4, 0.5) is 0 Å². The van der Waals surface area contributed by atoms with Gasteiger partial charge in [-0.1, -0.05) is 45.4 Å². The Hall–Kier alpha value is -0.610. The van der Waals surface area contributed by atoms with E-state index in [-0.39, 0.29) is 0 Å². The molecular weight excluding hydrogens is 254 g/mol. The Balaban J connectivity index is 0. The summed E-state index contributed by atoms with van der Waals surface area (Å²) in [6.07, 6.45) is 10.2. The molecular formula is C16H36NO3+. The number of nitrogens with zero attached hydrogens (tertiary/aromatic N) is 1. The standard InChI is InChI=1S/C13H30N.C3H6O3/c1-5-6-7-8-9-10-11-12-13-14(2,3)4;1-2(4)3(5)6/h5-13H2,1-4H3;2,4H,1H3,(H,5,6)/q+1;. The van der Waals surface area contributed by atoms with Crippen LogP contribution >= 0.6 is 0 Å². The molecule has 4 heteroatoms. The highest BCUT2D eigenvalue weighted by atomic mass is 16.4. The first-order valence-corrected chi connectivity index (χ1v) is 7.92. The number of unbranched alkanes of at least 4 members (excludes halogenated alkanes) is 7. The van der Waals surface area contributed by atoms with Gasteiger partial charge in [-0.25, -0.2) is 4.79 Å². The molecule has 4 nitrogen and oxygen atoms in total. The third-order valence-electron chi connectivity index (χ3n) is 3.04. The second kappa shape index (κ2) is 13.4. The molecule has 0 aliphatic heterocycles. The molecule has 0 aromatic heterocycles. The smallest absolute Gasteiger partial charge is 0.332 e. The second-order valence-electron chi connectivity index (χ2n) is 6.50. The topological polar surface area (TPSA) is 57.5 Å². The number of carboxylic acid groups (broad SMARTS) is 1. The minimum Gasteiger partial charge on any atom is -0.479 e.